The second-order valence-electron chi connectivity index (χ2n) is 7.15. The standard InChI is InChI=1S/C19H18ClNO2/c20-11-7-15-12-4-1-3-10(12)9-21-17(15)16(8-11)13-5-2-6-14(13)18(21)19(22)23/h1-2,4-5,7-8,10,12-14,18H,3,6,9H2,(H,22,23)/p-1/t10-,12-,13-,14-,18-/m0/s1. The van der Waals surface area contributed by atoms with E-state index in [-0.39, 0.29) is 11.8 Å². The first-order valence-corrected chi connectivity index (χ1v) is 8.67. The summed E-state index contributed by atoms with van der Waals surface area (Å²) in [4.78, 5) is 14.1. The predicted molar refractivity (Wildman–Crippen MR) is 87.6 cm³/mol. The minimum Gasteiger partial charge on any atom is -0.548 e. The van der Waals surface area contributed by atoms with Crippen LogP contribution in [0.4, 0.5) is 5.69 Å². The average Bonchev–Trinajstić information content (AvgIpc) is 3.15. The summed E-state index contributed by atoms with van der Waals surface area (Å²) in [5.74, 6) is 0.0672. The summed E-state index contributed by atoms with van der Waals surface area (Å²) in [6.45, 7) is 0.793. The van der Waals surface area contributed by atoms with Crippen LogP contribution in [0.1, 0.15) is 35.8 Å². The number of carboxylic acids is 1. The first kappa shape index (κ1) is 13.7. The number of anilines is 1. The highest BCUT2D eigenvalue weighted by Crippen LogP contribution is 2.55. The van der Waals surface area contributed by atoms with Gasteiger partial charge in [-0.05, 0) is 47.9 Å². The summed E-state index contributed by atoms with van der Waals surface area (Å²) in [5, 5.41) is 12.7. The van der Waals surface area contributed by atoms with Gasteiger partial charge in [0.15, 0.2) is 0 Å². The molecular weight excluding hydrogens is 310 g/mol. The van der Waals surface area contributed by atoms with Crippen LogP contribution in [-0.4, -0.2) is 18.6 Å². The molecule has 5 atom stereocenters. The molecule has 0 spiro atoms. The largest absolute Gasteiger partial charge is 0.548 e. The van der Waals surface area contributed by atoms with Crippen molar-refractivity contribution in [3.05, 3.63) is 52.6 Å². The number of hydrogen-bond acceptors (Lipinski definition) is 3. The number of aliphatic carboxylic acids is 1. The highest BCUT2D eigenvalue weighted by Gasteiger charge is 2.47. The van der Waals surface area contributed by atoms with Crippen molar-refractivity contribution >= 4 is 23.3 Å². The van der Waals surface area contributed by atoms with Crippen LogP contribution in [0.15, 0.2) is 36.4 Å². The number of carbonyl (C=O) groups excluding carboxylic acids is 1. The summed E-state index contributed by atoms with van der Waals surface area (Å²) >= 11 is 6.42. The van der Waals surface area contributed by atoms with Crippen LogP contribution in [0.5, 0.6) is 0 Å². The van der Waals surface area contributed by atoms with Gasteiger partial charge in [-0.2, -0.15) is 0 Å². The predicted octanol–water partition coefficient (Wildman–Crippen LogP) is 2.61. The molecule has 0 saturated heterocycles. The smallest absolute Gasteiger partial charge is 0.0727 e. The molecule has 0 fully saturated rings. The highest BCUT2D eigenvalue weighted by atomic mass is 35.5. The van der Waals surface area contributed by atoms with Crippen molar-refractivity contribution in [3.8, 4) is 0 Å². The fraction of sp³-hybridized carbons (Fsp3) is 0.421. The molecule has 2 aliphatic heterocycles. The third-order valence-electron chi connectivity index (χ3n) is 6.06. The van der Waals surface area contributed by atoms with Gasteiger partial charge in [0.25, 0.3) is 0 Å². The van der Waals surface area contributed by atoms with Gasteiger partial charge in [0.2, 0.25) is 0 Å². The Morgan fingerprint density at radius 1 is 1.13 bits per heavy atom. The number of rotatable bonds is 1. The Morgan fingerprint density at radius 3 is 2.61 bits per heavy atom. The lowest BCUT2D eigenvalue weighted by molar-refractivity contribution is -0.309. The molecule has 23 heavy (non-hydrogen) atoms. The van der Waals surface area contributed by atoms with E-state index in [4.69, 9.17) is 11.6 Å². The van der Waals surface area contributed by atoms with Crippen LogP contribution in [-0.2, 0) is 4.79 Å². The number of hydrogen-bond donors (Lipinski definition) is 0. The number of halogens is 1. The molecule has 0 bridgehead atoms. The van der Waals surface area contributed by atoms with Gasteiger partial charge in [-0.25, -0.2) is 0 Å². The molecule has 4 aliphatic rings. The van der Waals surface area contributed by atoms with Gasteiger partial charge in [0.05, 0.1) is 12.0 Å². The van der Waals surface area contributed by atoms with Crippen LogP contribution in [0.3, 0.4) is 0 Å². The third kappa shape index (κ3) is 1.74. The van der Waals surface area contributed by atoms with E-state index >= 15 is 0 Å². The Morgan fingerprint density at radius 2 is 1.83 bits per heavy atom. The van der Waals surface area contributed by atoms with Crippen molar-refractivity contribution in [2.45, 2.75) is 30.7 Å². The summed E-state index contributed by atoms with van der Waals surface area (Å²) in [5.41, 5.74) is 3.49. The molecular formula is C19H17ClNO2-. The lowest BCUT2D eigenvalue weighted by atomic mass is 9.72. The molecule has 2 heterocycles. The molecule has 2 aliphatic carbocycles. The van der Waals surface area contributed by atoms with E-state index in [2.05, 4.69) is 29.2 Å². The molecule has 4 heteroatoms. The highest BCUT2D eigenvalue weighted by molar-refractivity contribution is 6.31. The second kappa shape index (κ2) is 4.64. The van der Waals surface area contributed by atoms with Gasteiger partial charge in [0.1, 0.15) is 0 Å². The zero-order valence-corrected chi connectivity index (χ0v) is 13.4. The minimum atomic E-state index is -0.945. The van der Waals surface area contributed by atoms with E-state index in [0.717, 1.165) is 30.1 Å². The lowest BCUT2D eigenvalue weighted by Crippen LogP contribution is -2.58. The van der Waals surface area contributed by atoms with Gasteiger partial charge in [0, 0.05) is 29.1 Å². The zero-order chi connectivity index (χ0) is 15.7. The molecule has 3 nitrogen and oxygen atoms in total. The maximum absolute atomic E-state index is 11.9. The fourth-order valence-corrected chi connectivity index (χ4v) is 5.43. The number of nitrogens with zero attached hydrogens (tertiary/aromatic N) is 1. The van der Waals surface area contributed by atoms with Crippen molar-refractivity contribution in [1.29, 1.82) is 0 Å². The van der Waals surface area contributed by atoms with Gasteiger partial charge in [-0.1, -0.05) is 35.9 Å². The second-order valence-corrected chi connectivity index (χ2v) is 7.59. The Hall–Kier alpha value is -1.74. The number of carbonyl (C=O) groups is 1. The SMILES string of the molecule is O=C([O-])[C@@H]1[C@H]2CC=C[C@@H]2c2cc(Cl)cc3c2N1C[C@@H]1CC=C[C@H]31. The van der Waals surface area contributed by atoms with Crippen molar-refractivity contribution in [2.24, 2.45) is 11.8 Å². The van der Waals surface area contributed by atoms with Gasteiger partial charge in [-0.3, -0.25) is 0 Å². The maximum atomic E-state index is 11.9. The first-order chi connectivity index (χ1) is 11.1. The van der Waals surface area contributed by atoms with E-state index < -0.39 is 12.0 Å². The topological polar surface area (TPSA) is 43.4 Å². The summed E-state index contributed by atoms with van der Waals surface area (Å²) in [6.07, 6.45) is 10.6. The number of benzene rings is 1. The van der Waals surface area contributed by atoms with Gasteiger partial charge < -0.3 is 14.8 Å². The Bertz CT molecular complexity index is 752. The van der Waals surface area contributed by atoms with E-state index in [0.29, 0.717) is 11.8 Å². The molecule has 0 radical (unpaired) electrons. The number of allylic oxidation sites excluding steroid dienone is 4. The molecule has 0 amide bonds. The Kier molecular flexibility index (Phi) is 2.76. The van der Waals surface area contributed by atoms with Crippen LogP contribution in [0, 0.1) is 11.8 Å². The van der Waals surface area contributed by atoms with E-state index in [1.807, 2.05) is 12.1 Å². The van der Waals surface area contributed by atoms with Crippen LogP contribution in [0.2, 0.25) is 5.02 Å². The van der Waals surface area contributed by atoms with Crippen LogP contribution in [0.25, 0.3) is 0 Å². The summed E-state index contributed by atoms with van der Waals surface area (Å²) in [6, 6.07) is 3.53. The van der Waals surface area contributed by atoms with E-state index in [9.17, 15) is 9.90 Å². The minimum absolute atomic E-state index is 0.0599. The first-order valence-electron chi connectivity index (χ1n) is 8.29. The summed E-state index contributed by atoms with van der Waals surface area (Å²) in [7, 11) is 0. The normalized spacial score (nSPS) is 35.9. The van der Waals surface area contributed by atoms with Crippen molar-refractivity contribution < 1.29 is 9.90 Å². The molecule has 0 saturated carbocycles. The quantitative estimate of drug-likeness (QED) is 0.745. The maximum Gasteiger partial charge on any atom is 0.0727 e. The van der Waals surface area contributed by atoms with Gasteiger partial charge >= 0.3 is 0 Å². The number of carboxylic acid groups (broad SMARTS) is 1. The molecule has 0 aromatic heterocycles. The zero-order valence-electron chi connectivity index (χ0n) is 12.6. The van der Waals surface area contributed by atoms with Crippen LogP contribution < -0.4 is 10.0 Å². The summed E-state index contributed by atoms with van der Waals surface area (Å²) < 4.78 is 0. The van der Waals surface area contributed by atoms with Crippen molar-refractivity contribution in [2.75, 3.05) is 11.4 Å². The van der Waals surface area contributed by atoms with Crippen LogP contribution >= 0.6 is 11.6 Å². The number of fused-ring (bicyclic) bond motifs is 4. The van der Waals surface area contributed by atoms with Gasteiger partial charge in [-0.15, -0.1) is 0 Å². The Labute approximate surface area is 140 Å². The molecule has 5 rings (SSSR count). The molecule has 1 aromatic rings. The molecule has 0 unspecified atom stereocenters. The van der Waals surface area contributed by atoms with Crippen molar-refractivity contribution in [1.82, 2.24) is 0 Å². The van der Waals surface area contributed by atoms with Crippen molar-refractivity contribution in [3.63, 3.8) is 0 Å². The fourth-order valence-electron chi connectivity index (χ4n) is 5.19. The molecule has 0 N–H and O–H groups in total. The molecule has 1 aromatic carbocycles. The lowest BCUT2D eigenvalue weighted by Gasteiger charge is -2.51. The van der Waals surface area contributed by atoms with E-state index in [1.54, 1.807) is 0 Å². The average molecular weight is 327 g/mol. The monoisotopic (exact) mass is 326 g/mol. The third-order valence-corrected chi connectivity index (χ3v) is 6.27. The Balaban J connectivity index is 1.78. The molecule has 118 valence electrons. The van der Waals surface area contributed by atoms with E-state index in [1.165, 1.54) is 11.1 Å².